The lowest BCUT2D eigenvalue weighted by Crippen LogP contribution is -2.22. The van der Waals surface area contributed by atoms with Crippen molar-refractivity contribution >= 4 is 28.1 Å². The molecule has 2 fully saturated rings. The summed E-state index contributed by atoms with van der Waals surface area (Å²) in [5.41, 5.74) is 3.76. The third kappa shape index (κ3) is 3.75. The van der Waals surface area contributed by atoms with E-state index in [2.05, 4.69) is 33.4 Å². The van der Waals surface area contributed by atoms with Crippen LogP contribution in [0, 0.1) is 17.3 Å². The van der Waals surface area contributed by atoms with Gasteiger partial charge in [-0.05, 0) is 71.6 Å². The highest BCUT2D eigenvalue weighted by atomic mass is 79.9. The molecule has 142 valence electrons. The van der Waals surface area contributed by atoms with Gasteiger partial charge in [-0.25, -0.2) is 5.43 Å². The largest absolute Gasteiger partial charge is 0.490 e. The predicted octanol–water partition coefficient (Wildman–Crippen LogP) is 4.52. The van der Waals surface area contributed by atoms with Crippen LogP contribution in [0.5, 0.6) is 11.5 Å². The highest BCUT2D eigenvalue weighted by Gasteiger charge is 2.64. The van der Waals surface area contributed by atoms with E-state index in [1.807, 2.05) is 26.0 Å². The van der Waals surface area contributed by atoms with Crippen LogP contribution < -0.4 is 14.9 Å². The van der Waals surface area contributed by atoms with Gasteiger partial charge in [-0.1, -0.05) is 19.8 Å². The molecular weight excluding hydrogens is 396 g/mol. The highest BCUT2D eigenvalue weighted by molar-refractivity contribution is 9.10. The molecule has 2 aliphatic carbocycles. The summed E-state index contributed by atoms with van der Waals surface area (Å²) < 4.78 is 12.1. The minimum atomic E-state index is 0.0469. The van der Waals surface area contributed by atoms with Gasteiger partial charge in [0.05, 0.1) is 23.9 Å². The molecule has 0 aromatic heterocycles. The van der Waals surface area contributed by atoms with Crippen LogP contribution in [0.1, 0.15) is 52.0 Å². The van der Waals surface area contributed by atoms with Gasteiger partial charge in [-0.15, -0.1) is 0 Å². The van der Waals surface area contributed by atoms with Crippen LogP contribution in [0.4, 0.5) is 0 Å². The Morgan fingerprint density at radius 1 is 1.35 bits per heavy atom. The molecule has 1 N–H and O–H groups in total. The Labute approximate surface area is 163 Å². The Hall–Kier alpha value is -1.56. The molecule has 2 saturated carbocycles. The number of benzene rings is 1. The maximum Gasteiger partial charge on any atom is 0.244 e. The first-order valence-electron chi connectivity index (χ1n) is 9.43. The smallest absolute Gasteiger partial charge is 0.244 e. The second-order valence-corrected chi connectivity index (χ2v) is 8.12. The van der Waals surface area contributed by atoms with Gasteiger partial charge < -0.3 is 9.47 Å². The van der Waals surface area contributed by atoms with Crippen molar-refractivity contribution in [2.45, 2.75) is 46.5 Å². The minimum Gasteiger partial charge on any atom is -0.490 e. The summed E-state index contributed by atoms with van der Waals surface area (Å²) in [6.07, 6.45) is 6.45. The van der Waals surface area contributed by atoms with Gasteiger partial charge in [0, 0.05) is 5.92 Å². The molecule has 1 aromatic carbocycles. The molecule has 0 unspecified atom stereocenters. The molecule has 1 amide bonds. The number of fused-ring (bicyclic) bond motifs is 1. The molecule has 2 aliphatic rings. The summed E-state index contributed by atoms with van der Waals surface area (Å²) in [7, 11) is 0. The number of carbonyl (C=O) groups excluding carboxylic acids is 1. The third-order valence-electron chi connectivity index (χ3n) is 5.62. The summed E-state index contributed by atoms with van der Waals surface area (Å²) in [6.45, 7) is 7.21. The number of nitrogens with zero attached hydrogens (tertiary/aromatic N) is 1. The van der Waals surface area contributed by atoms with E-state index in [0.29, 0.717) is 30.6 Å². The van der Waals surface area contributed by atoms with Crippen LogP contribution in [-0.2, 0) is 4.79 Å². The first-order chi connectivity index (χ1) is 12.5. The van der Waals surface area contributed by atoms with Gasteiger partial charge in [-0.3, -0.25) is 4.79 Å². The van der Waals surface area contributed by atoms with Gasteiger partial charge in [0.2, 0.25) is 5.91 Å². The maximum atomic E-state index is 12.5. The van der Waals surface area contributed by atoms with Crippen LogP contribution in [0.15, 0.2) is 21.7 Å². The quantitative estimate of drug-likeness (QED) is 0.518. The Bertz CT molecular complexity index is 707. The fourth-order valence-corrected chi connectivity index (χ4v) is 4.87. The second-order valence-electron chi connectivity index (χ2n) is 7.27. The molecule has 0 spiro atoms. The highest BCUT2D eigenvalue weighted by Crippen LogP contribution is 2.66. The molecule has 5 nitrogen and oxygen atoms in total. The number of carbonyl (C=O) groups is 1. The summed E-state index contributed by atoms with van der Waals surface area (Å²) in [5, 5.41) is 4.17. The Balaban J connectivity index is 1.66. The fourth-order valence-electron chi connectivity index (χ4n) is 4.30. The fraction of sp³-hybridized carbons (Fsp3) is 0.600. The first kappa shape index (κ1) is 19.2. The van der Waals surface area contributed by atoms with E-state index in [9.17, 15) is 4.79 Å². The Morgan fingerprint density at radius 3 is 2.77 bits per heavy atom. The zero-order valence-corrected chi connectivity index (χ0v) is 17.3. The van der Waals surface area contributed by atoms with E-state index in [4.69, 9.17) is 9.47 Å². The third-order valence-corrected chi connectivity index (χ3v) is 6.21. The lowest BCUT2D eigenvalue weighted by atomic mass is 9.90. The van der Waals surface area contributed by atoms with Gasteiger partial charge >= 0.3 is 0 Å². The number of hydrogen-bond donors (Lipinski definition) is 1. The van der Waals surface area contributed by atoms with Gasteiger partial charge in [0.1, 0.15) is 0 Å². The van der Waals surface area contributed by atoms with Gasteiger partial charge in [0.25, 0.3) is 0 Å². The predicted molar refractivity (Wildman–Crippen MR) is 106 cm³/mol. The van der Waals surface area contributed by atoms with Gasteiger partial charge in [-0.2, -0.15) is 5.10 Å². The number of halogens is 1. The zero-order chi connectivity index (χ0) is 18.7. The van der Waals surface area contributed by atoms with E-state index in [1.54, 1.807) is 6.21 Å². The molecule has 0 aliphatic heterocycles. The van der Waals surface area contributed by atoms with Crippen LogP contribution in [0.2, 0.25) is 0 Å². The molecule has 3 atom stereocenters. The Morgan fingerprint density at radius 2 is 2.12 bits per heavy atom. The first-order valence-corrected chi connectivity index (χ1v) is 10.2. The lowest BCUT2D eigenvalue weighted by molar-refractivity contribution is -0.123. The van der Waals surface area contributed by atoms with Gasteiger partial charge in [0.15, 0.2) is 11.5 Å². The summed E-state index contributed by atoms with van der Waals surface area (Å²) in [6, 6.07) is 3.77. The number of nitrogens with one attached hydrogen (secondary N) is 1. The van der Waals surface area contributed by atoms with Crippen molar-refractivity contribution in [3.8, 4) is 11.5 Å². The number of rotatable bonds is 7. The van der Waals surface area contributed by atoms with E-state index < -0.39 is 0 Å². The monoisotopic (exact) mass is 422 g/mol. The SMILES string of the molecule is CCOc1cc(/C=N\NC(=O)[C@@H]2[C@@H]3CCCC[C@@]23C)cc(Br)c1OCC. The van der Waals surface area contributed by atoms with Crippen molar-refractivity contribution in [2.24, 2.45) is 22.4 Å². The van der Waals surface area contributed by atoms with Crippen LogP contribution in [0.3, 0.4) is 0 Å². The zero-order valence-electron chi connectivity index (χ0n) is 15.7. The lowest BCUT2D eigenvalue weighted by Gasteiger charge is -2.15. The molecule has 0 heterocycles. The van der Waals surface area contributed by atoms with E-state index in [1.165, 1.54) is 19.3 Å². The average Bonchev–Trinajstić information content (AvgIpc) is 3.23. The van der Waals surface area contributed by atoms with Crippen molar-refractivity contribution in [1.29, 1.82) is 0 Å². The molecule has 3 rings (SSSR count). The standard InChI is InChI=1S/C20H27BrN2O3/c1-4-25-16-11-13(10-15(21)18(16)26-5-2)12-22-23-19(24)17-14-8-6-7-9-20(14,17)3/h10-12,14,17H,4-9H2,1-3H3,(H,23,24)/b22-12-/t14-,17-,20+/m0/s1. The molecule has 26 heavy (non-hydrogen) atoms. The summed E-state index contributed by atoms with van der Waals surface area (Å²) in [4.78, 5) is 12.5. The van der Waals surface area contributed by atoms with E-state index >= 15 is 0 Å². The molecule has 0 radical (unpaired) electrons. The summed E-state index contributed by atoms with van der Waals surface area (Å²) >= 11 is 3.52. The van der Waals surface area contributed by atoms with Crippen LogP contribution >= 0.6 is 15.9 Å². The molecule has 1 aromatic rings. The van der Waals surface area contributed by atoms with E-state index in [-0.39, 0.29) is 17.2 Å². The maximum absolute atomic E-state index is 12.5. The number of amides is 1. The normalized spacial score (nSPS) is 27.1. The molecule has 6 heteroatoms. The van der Waals surface area contributed by atoms with Crippen LogP contribution in [-0.4, -0.2) is 25.3 Å². The second kappa shape index (κ2) is 7.99. The topological polar surface area (TPSA) is 59.9 Å². The molecule has 0 saturated heterocycles. The number of ether oxygens (including phenoxy) is 2. The number of hydrogen-bond acceptors (Lipinski definition) is 4. The van der Waals surface area contributed by atoms with Crippen molar-refractivity contribution in [2.75, 3.05) is 13.2 Å². The van der Waals surface area contributed by atoms with Crippen molar-refractivity contribution in [3.63, 3.8) is 0 Å². The Kier molecular flexibility index (Phi) is 5.90. The molecular formula is C20H27BrN2O3. The van der Waals surface area contributed by atoms with Crippen LogP contribution in [0.25, 0.3) is 0 Å². The van der Waals surface area contributed by atoms with Crippen molar-refractivity contribution in [3.05, 3.63) is 22.2 Å². The minimum absolute atomic E-state index is 0.0469. The van der Waals surface area contributed by atoms with E-state index in [0.717, 1.165) is 16.5 Å². The van der Waals surface area contributed by atoms with Crippen molar-refractivity contribution < 1.29 is 14.3 Å². The average molecular weight is 423 g/mol. The molecule has 0 bridgehead atoms. The van der Waals surface area contributed by atoms with Crippen molar-refractivity contribution in [1.82, 2.24) is 5.43 Å². The number of hydrazone groups is 1. The summed E-state index contributed by atoms with van der Waals surface area (Å²) in [5.74, 6) is 2.05.